The number of aromatic nitrogens is 2. The zero-order chi connectivity index (χ0) is 21.3. The number of benzene rings is 2. The average Bonchev–Trinajstić information content (AvgIpc) is 3.18. The summed E-state index contributed by atoms with van der Waals surface area (Å²) in [4.78, 5) is 17.3. The highest BCUT2D eigenvalue weighted by Crippen LogP contribution is 2.26. The largest absolute Gasteiger partial charge is 0.328 e. The Balaban J connectivity index is 1.47. The molecule has 0 radical (unpaired) electrons. The van der Waals surface area contributed by atoms with Crippen LogP contribution >= 0.6 is 0 Å². The second-order valence-electron chi connectivity index (χ2n) is 7.83. The maximum absolute atomic E-state index is 12.5. The number of nitrogens with one attached hydrogen (secondary N) is 1. The summed E-state index contributed by atoms with van der Waals surface area (Å²) in [6.07, 6.45) is 5.40. The third-order valence-corrected chi connectivity index (χ3v) is 7.64. The highest BCUT2D eigenvalue weighted by molar-refractivity contribution is 7.92. The summed E-state index contributed by atoms with van der Waals surface area (Å²) in [7, 11) is -3.35. The highest BCUT2D eigenvalue weighted by Gasteiger charge is 2.19. The van der Waals surface area contributed by atoms with Crippen molar-refractivity contribution >= 4 is 21.4 Å². The van der Waals surface area contributed by atoms with E-state index in [-0.39, 0.29) is 10.8 Å². The van der Waals surface area contributed by atoms with E-state index in [1.54, 1.807) is 13.8 Å². The van der Waals surface area contributed by atoms with Crippen LogP contribution in [0.1, 0.15) is 42.7 Å². The van der Waals surface area contributed by atoms with Crippen LogP contribution in [0.5, 0.6) is 0 Å². The van der Waals surface area contributed by atoms with Gasteiger partial charge in [-0.15, -0.1) is 0 Å². The summed E-state index contributed by atoms with van der Waals surface area (Å²) < 4.78 is 26.7. The summed E-state index contributed by atoms with van der Waals surface area (Å²) >= 11 is 0. The van der Waals surface area contributed by atoms with Gasteiger partial charge >= 0.3 is 0 Å². The van der Waals surface area contributed by atoms with Crippen LogP contribution in [0.3, 0.4) is 0 Å². The van der Waals surface area contributed by atoms with Crippen molar-refractivity contribution in [3.05, 3.63) is 66.0 Å². The molecule has 3 aromatic rings. The zero-order valence-corrected chi connectivity index (χ0v) is 17.9. The number of hydrogen-bond acceptors (Lipinski definition) is 4. The van der Waals surface area contributed by atoms with Gasteiger partial charge in [-0.3, -0.25) is 4.79 Å². The highest BCUT2D eigenvalue weighted by atomic mass is 32.2. The number of amides is 1. The molecule has 0 spiro atoms. The molecule has 1 N–H and O–H groups in total. The first kappa shape index (κ1) is 20.3. The molecule has 6 nitrogen and oxygen atoms in total. The molecule has 1 aliphatic heterocycles. The Hall–Kier alpha value is -2.93. The molecule has 0 fully saturated rings. The summed E-state index contributed by atoms with van der Waals surface area (Å²) in [6, 6.07) is 13.7. The topological polar surface area (TPSA) is 81.1 Å². The van der Waals surface area contributed by atoms with E-state index < -0.39 is 15.1 Å². The predicted octanol–water partition coefficient (Wildman–Crippen LogP) is 4.32. The number of fused-ring (bicyclic) bond motifs is 1. The van der Waals surface area contributed by atoms with Gasteiger partial charge in [0.1, 0.15) is 5.82 Å². The van der Waals surface area contributed by atoms with Crippen molar-refractivity contribution in [2.24, 2.45) is 0 Å². The van der Waals surface area contributed by atoms with E-state index >= 15 is 0 Å². The molecule has 0 bridgehead atoms. The molecule has 0 saturated carbocycles. The van der Waals surface area contributed by atoms with E-state index in [9.17, 15) is 13.2 Å². The third kappa shape index (κ3) is 3.89. The van der Waals surface area contributed by atoms with Gasteiger partial charge in [-0.1, -0.05) is 0 Å². The minimum Gasteiger partial charge on any atom is -0.328 e. The molecule has 1 amide bonds. The van der Waals surface area contributed by atoms with Crippen molar-refractivity contribution in [2.75, 3.05) is 5.32 Å². The molecule has 4 rings (SSSR count). The fraction of sp³-hybridized carbons (Fsp3) is 0.304. The molecule has 7 heteroatoms. The monoisotopic (exact) mass is 423 g/mol. The van der Waals surface area contributed by atoms with Crippen molar-refractivity contribution < 1.29 is 13.2 Å². The van der Waals surface area contributed by atoms with Gasteiger partial charge in [0.25, 0.3) is 5.91 Å². The number of rotatable bonds is 5. The molecule has 0 aliphatic carbocycles. The Kier molecular flexibility index (Phi) is 5.47. The van der Waals surface area contributed by atoms with Crippen LogP contribution in [0.15, 0.2) is 59.6 Å². The molecule has 0 unspecified atom stereocenters. The van der Waals surface area contributed by atoms with Gasteiger partial charge in [-0.2, -0.15) is 0 Å². The van der Waals surface area contributed by atoms with Gasteiger partial charge in [0, 0.05) is 35.2 Å². The van der Waals surface area contributed by atoms with E-state index in [2.05, 4.69) is 14.9 Å². The second-order valence-corrected chi connectivity index (χ2v) is 10.3. The lowest BCUT2D eigenvalue weighted by molar-refractivity contribution is 0.102. The number of anilines is 1. The quantitative estimate of drug-likeness (QED) is 0.663. The van der Waals surface area contributed by atoms with E-state index in [1.165, 1.54) is 42.8 Å². The van der Waals surface area contributed by atoms with Gasteiger partial charge in [-0.25, -0.2) is 13.4 Å². The van der Waals surface area contributed by atoms with Crippen LogP contribution in [0.25, 0.3) is 11.4 Å². The lowest BCUT2D eigenvalue weighted by atomic mass is 10.1. The maximum atomic E-state index is 12.5. The van der Waals surface area contributed by atoms with E-state index in [0.717, 1.165) is 24.4 Å². The number of nitrogens with zero attached hydrogens (tertiary/aromatic N) is 2. The molecule has 2 aromatic carbocycles. The molecule has 1 aromatic heterocycles. The van der Waals surface area contributed by atoms with Gasteiger partial charge < -0.3 is 9.88 Å². The maximum Gasteiger partial charge on any atom is 0.255 e. The Morgan fingerprint density at radius 3 is 2.40 bits per heavy atom. The molecule has 156 valence electrons. The fourth-order valence-corrected chi connectivity index (χ4v) is 4.70. The fourth-order valence-electron chi connectivity index (χ4n) is 3.64. The number of imidazole rings is 1. The Morgan fingerprint density at radius 1 is 1.03 bits per heavy atom. The normalized spacial score (nSPS) is 13.8. The SMILES string of the molecule is CC(C)S(=O)(=O)c1ccc(C(=O)Nc2ccc(-c3ncc4n3CCCC4)cc2)cc1. The van der Waals surface area contributed by atoms with E-state index in [4.69, 9.17) is 0 Å². The first-order valence-corrected chi connectivity index (χ1v) is 11.7. The minimum absolute atomic E-state index is 0.224. The van der Waals surface area contributed by atoms with Gasteiger partial charge in [0.15, 0.2) is 9.84 Å². The first-order valence-electron chi connectivity index (χ1n) is 10.2. The molecule has 1 aliphatic rings. The van der Waals surface area contributed by atoms with Crippen LogP contribution in [-0.4, -0.2) is 29.1 Å². The van der Waals surface area contributed by atoms with Crippen molar-refractivity contribution in [1.82, 2.24) is 9.55 Å². The molecule has 0 saturated heterocycles. The Morgan fingerprint density at radius 2 is 1.73 bits per heavy atom. The van der Waals surface area contributed by atoms with Gasteiger partial charge in [-0.05, 0) is 81.6 Å². The molecular formula is C23H25N3O3S. The number of carbonyl (C=O) groups is 1. The lowest BCUT2D eigenvalue weighted by Gasteiger charge is -2.16. The average molecular weight is 424 g/mol. The van der Waals surface area contributed by atoms with Crippen molar-refractivity contribution in [2.45, 2.75) is 49.8 Å². The predicted molar refractivity (Wildman–Crippen MR) is 117 cm³/mol. The molecular weight excluding hydrogens is 398 g/mol. The summed E-state index contributed by atoms with van der Waals surface area (Å²) in [6.45, 7) is 4.27. The number of aryl methyl sites for hydroxylation is 1. The number of sulfone groups is 1. The Labute approximate surface area is 176 Å². The molecule has 30 heavy (non-hydrogen) atoms. The van der Waals surface area contributed by atoms with Crippen molar-refractivity contribution in [3.8, 4) is 11.4 Å². The van der Waals surface area contributed by atoms with Crippen LogP contribution in [0, 0.1) is 0 Å². The van der Waals surface area contributed by atoms with Crippen LogP contribution in [0.4, 0.5) is 5.69 Å². The smallest absolute Gasteiger partial charge is 0.255 e. The summed E-state index contributed by atoms with van der Waals surface area (Å²) in [5, 5.41) is 2.36. The molecule has 2 heterocycles. The summed E-state index contributed by atoms with van der Waals surface area (Å²) in [5.41, 5.74) is 3.37. The minimum atomic E-state index is -3.35. The van der Waals surface area contributed by atoms with Crippen molar-refractivity contribution in [3.63, 3.8) is 0 Å². The third-order valence-electron chi connectivity index (χ3n) is 5.47. The second kappa shape index (κ2) is 8.07. The van der Waals surface area contributed by atoms with Crippen LogP contribution in [0.2, 0.25) is 0 Å². The Bertz CT molecular complexity index is 1160. The number of hydrogen-bond donors (Lipinski definition) is 1. The summed E-state index contributed by atoms with van der Waals surface area (Å²) in [5.74, 6) is 0.680. The first-order chi connectivity index (χ1) is 14.4. The van der Waals surface area contributed by atoms with Crippen LogP contribution in [-0.2, 0) is 22.8 Å². The standard InChI is InChI=1S/C23H25N3O3S/c1-16(2)30(28,29)21-12-8-18(9-13-21)23(27)25-19-10-6-17(7-11-19)22-24-15-20-5-3-4-14-26(20)22/h6-13,15-16H,3-5,14H2,1-2H3,(H,25,27). The lowest BCUT2D eigenvalue weighted by Crippen LogP contribution is -2.15. The van der Waals surface area contributed by atoms with Crippen molar-refractivity contribution in [1.29, 1.82) is 0 Å². The van der Waals surface area contributed by atoms with Gasteiger partial charge in [0.2, 0.25) is 0 Å². The van der Waals surface area contributed by atoms with Crippen LogP contribution < -0.4 is 5.32 Å². The molecule has 0 atom stereocenters. The van der Waals surface area contributed by atoms with E-state index in [0.29, 0.717) is 11.3 Å². The number of carbonyl (C=O) groups excluding carboxylic acids is 1. The van der Waals surface area contributed by atoms with E-state index in [1.807, 2.05) is 30.5 Å². The zero-order valence-electron chi connectivity index (χ0n) is 17.1. The van der Waals surface area contributed by atoms with Gasteiger partial charge in [0.05, 0.1) is 10.1 Å².